The van der Waals surface area contributed by atoms with Crippen LogP contribution in [0.4, 0.5) is 0 Å². The Bertz CT molecular complexity index is 432. The third kappa shape index (κ3) is 3.32. The smallest absolute Gasteiger partial charge is 0.239 e. The third-order valence-electron chi connectivity index (χ3n) is 4.15. The summed E-state index contributed by atoms with van der Waals surface area (Å²) in [5.41, 5.74) is 0. The first kappa shape index (κ1) is 15.7. The van der Waals surface area contributed by atoms with E-state index in [0.717, 1.165) is 32.1 Å². The topological polar surface area (TPSA) is 78.5 Å². The van der Waals surface area contributed by atoms with E-state index >= 15 is 0 Å². The number of carbonyl (C=O) groups excluding carboxylic acids is 1. The molecule has 1 aliphatic carbocycles. The highest BCUT2D eigenvalue weighted by atomic mass is 32.2. The van der Waals surface area contributed by atoms with Gasteiger partial charge in [-0.2, -0.15) is 4.31 Å². The molecule has 20 heavy (non-hydrogen) atoms. The van der Waals surface area contributed by atoms with Crippen molar-refractivity contribution in [3.8, 4) is 0 Å². The Morgan fingerprint density at radius 2 is 2.00 bits per heavy atom. The third-order valence-corrected chi connectivity index (χ3v) is 6.55. The van der Waals surface area contributed by atoms with Crippen molar-refractivity contribution in [3.63, 3.8) is 0 Å². The standard InChI is InChI=1S/C13H25N3O3S/c1-2-15-13(17)12-10-14-8-9-16(12)20(18,19)11-6-4-3-5-7-11/h11-12,14H,2-10H2,1H3,(H,15,17). The normalized spacial score (nSPS) is 26.4. The summed E-state index contributed by atoms with van der Waals surface area (Å²) in [6.07, 6.45) is 4.53. The number of rotatable bonds is 4. The maximum absolute atomic E-state index is 12.8. The number of hydrogen-bond acceptors (Lipinski definition) is 4. The molecule has 1 amide bonds. The molecule has 0 aromatic heterocycles. The summed E-state index contributed by atoms with van der Waals surface area (Å²) in [6.45, 7) is 3.76. The second kappa shape index (κ2) is 6.87. The van der Waals surface area contributed by atoms with E-state index in [2.05, 4.69) is 10.6 Å². The lowest BCUT2D eigenvalue weighted by Crippen LogP contribution is -2.61. The number of nitrogens with one attached hydrogen (secondary N) is 2. The van der Waals surface area contributed by atoms with E-state index in [1.807, 2.05) is 6.92 Å². The van der Waals surface area contributed by atoms with Gasteiger partial charge in [-0.05, 0) is 19.8 Å². The summed E-state index contributed by atoms with van der Waals surface area (Å²) in [5.74, 6) is -0.195. The van der Waals surface area contributed by atoms with Crippen molar-refractivity contribution in [2.24, 2.45) is 0 Å². The summed E-state index contributed by atoms with van der Waals surface area (Å²) >= 11 is 0. The minimum Gasteiger partial charge on any atom is -0.355 e. The van der Waals surface area contributed by atoms with Crippen LogP contribution in [-0.4, -0.2) is 56.1 Å². The van der Waals surface area contributed by atoms with Gasteiger partial charge in [0.05, 0.1) is 5.25 Å². The molecular formula is C13H25N3O3S. The van der Waals surface area contributed by atoms with Gasteiger partial charge >= 0.3 is 0 Å². The van der Waals surface area contributed by atoms with Crippen LogP contribution in [0.5, 0.6) is 0 Å². The number of carbonyl (C=O) groups is 1. The highest BCUT2D eigenvalue weighted by molar-refractivity contribution is 7.89. The van der Waals surface area contributed by atoms with Crippen LogP contribution in [0.3, 0.4) is 0 Å². The summed E-state index contributed by atoms with van der Waals surface area (Å²) in [5, 5.41) is 5.55. The second-order valence-corrected chi connectivity index (χ2v) is 7.70. The molecule has 6 nitrogen and oxygen atoms in total. The van der Waals surface area contributed by atoms with Gasteiger partial charge in [0.1, 0.15) is 6.04 Å². The summed E-state index contributed by atoms with van der Waals surface area (Å²) in [7, 11) is -3.37. The second-order valence-electron chi connectivity index (χ2n) is 5.53. The Morgan fingerprint density at radius 3 is 2.65 bits per heavy atom. The lowest BCUT2D eigenvalue weighted by atomic mass is 10.0. The molecule has 2 aliphatic rings. The minimum absolute atomic E-state index is 0.195. The number of nitrogens with zero attached hydrogens (tertiary/aromatic N) is 1. The van der Waals surface area contributed by atoms with E-state index < -0.39 is 16.1 Å². The molecule has 1 aliphatic heterocycles. The Labute approximate surface area is 121 Å². The SMILES string of the molecule is CCNC(=O)C1CNCCN1S(=O)(=O)C1CCCCC1. The molecule has 1 unspecified atom stereocenters. The zero-order valence-electron chi connectivity index (χ0n) is 12.1. The summed E-state index contributed by atoms with van der Waals surface area (Å²) in [6, 6.07) is -0.601. The van der Waals surface area contributed by atoms with Gasteiger partial charge in [-0.1, -0.05) is 19.3 Å². The van der Waals surface area contributed by atoms with E-state index in [-0.39, 0.29) is 11.2 Å². The van der Waals surface area contributed by atoms with Gasteiger partial charge in [0.25, 0.3) is 0 Å². The molecule has 2 fully saturated rings. The largest absolute Gasteiger partial charge is 0.355 e. The van der Waals surface area contributed by atoms with E-state index in [9.17, 15) is 13.2 Å². The Kier molecular flexibility index (Phi) is 5.40. The molecule has 0 spiro atoms. The van der Waals surface area contributed by atoms with Crippen LogP contribution in [-0.2, 0) is 14.8 Å². The van der Waals surface area contributed by atoms with Crippen molar-refractivity contribution in [2.45, 2.75) is 50.3 Å². The van der Waals surface area contributed by atoms with Crippen LogP contribution >= 0.6 is 0 Å². The Morgan fingerprint density at radius 1 is 1.30 bits per heavy atom. The maximum atomic E-state index is 12.8. The monoisotopic (exact) mass is 303 g/mol. The summed E-state index contributed by atoms with van der Waals surface area (Å²) in [4.78, 5) is 12.1. The molecule has 1 atom stereocenters. The first-order valence-electron chi connectivity index (χ1n) is 7.56. The van der Waals surface area contributed by atoms with Crippen molar-refractivity contribution in [3.05, 3.63) is 0 Å². The number of piperazine rings is 1. The molecule has 0 aromatic rings. The molecular weight excluding hydrogens is 278 g/mol. The molecule has 2 N–H and O–H groups in total. The van der Waals surface area contributed by atoms with Gasteiger partial charge in [0.15, 0.2) is 0 Å². The minimum atomic E-state index is -3.37. The van der Waals surface area contributed by atoms with E-state index in [0.29, 0.717) is 26.2 Å². The highest BCUT2D eigenvalue weighted by Crippen LogP contribution is 2.27. The molecule has 0 aromatic carbocycles. The van der Waals surface area contributed by atoms with Crippen LogP contribution in [0.25, 0.3) is 0 Å². The summed E-state index contributed by atoms with van der Waals surface area (Å²) < 4.78 is 27.0. The van der Waals surface area contributed by atoms with Crippen molar-refractivity contribution >= 4 is 15.9 Å². The maximum Gasteiger partial charge on any atom is 0.239 e. The van der Waals surface area contributed by atoms with Crippen molar-refractivity contribution in [1.82, 2.24) is 14.9 Å². The predicted octanol–water partition coefficient (Wildman–Crippen LogP) is 0.0588. The van der Waals surface area contributed by atoms with Gasteiger partial charge in [0, 0.05) is 26.2 Å². The zero-order chi connectivity index (χ0) is 14.6. The molecule has 1 heterocycles. The Hall–Kier alpha value is -0.660. The van der Waals surface area contributed by atoms with Gasteiger partial charge in [-0.15, -0.1) is 0 Å². The average Bonchev–Trinajstić information content (AvgIpc) is 2.48. The molecule has 0 bridgehead atoms. The molecule has 1 saturated carbocycles. The van der Waals surface area contributed by atoms with Crippen molar-refractivity contribution in [2.75, 3.05) is 26.2 Å². The fourth-order valence-corrected chi connectivity index (χ4v) is 5.24. The first-order valence-corrected chi connectivity index (χ1v) is 9.06. The van der Waals surface area contributed by atoms with Crippen LogP contribution < -0.4 is 10.6 Å². The zero-order valence-corrected chi connectivity index (χ0v) is 12.9. The lowest BCUT2D eigenvalue weighted by molar-refractivity contribution is -0.125. The number of likely N-dealkylation sites (N-methyl/N-ethyl adjacent to an activating group) is 1. The van der Waals surface area contributed by atoms with Gasteiger partial charge in [-0.25, -0.2) is 8.42 Å². The number of amides is 1. The van der Waals surface area contributed by atoms with Crippen LogP contribution in [0.2, 0.25) is 0 Å². The van der Waals surface area contributed by atoms with Crippen LogP contribution in [0.1, 0.15) is 39.0 Å². The lowest BCUT2D eigenvalue weighted by Gasteiger charge is -2.37. The van der Waals surface area contributed by atoms with Crippen molar-refractivity contribution in [1.29, 1.82) is 0 Å². The molecule has 7 heteroatoms. The van der Waals surface area contributed by atoms with Crippen LogP contribution in [0, 0.1) is 0 Å². The van der Waals surface area contributed by atoms with Crippen molar-refractivity contribution < 1.29 is 13.2 Å². The van der Waals surface area contributed by atoms with Gasteiger partial charge < -0.3 is 10.6 Å². The molecule has 1 saturated heterocycles. The fourth-order valence-electron chi connectivity index (χ4n) is 3.06. The quantitative estimate of drug-likeness (QED) is 0.770. The number of sulfonamides is 1. The highest BCUT2D eigenvalue weighted by Gasteiger charge is 2.40. The first-order chi connectivity index (χ1) is 9.57. The van der Waals surface area contributed by atoms with Gasteiger partial charge in [0.2, 0.25) is 15.9 Å². The van der Waals surface area contributed by atoms with E-state index in [1.165, 1.54) is 4.31 Å². The average molecular weight is 303 g/mol. The van der Waals surface area contributed by atoms with E-state index in [1.54, 1.807) is 0 Å². The fraction of sp³-hybridized carbons (Fsp3) is 0.923. The molecule has 0 radical (unpaired) electrons. The Balaban J connectivity index is 2.15. The molecule has 116 valence electrons. The number of hydrogen-bond donors (Lipinski definition) is 2. The van der Waals surface area contributed by atoms with E-state index in [4.69, 9.17) is 0 Å². The predicted molar refractivity (Wildman–Crippen MR) is 77.8 cm³/mol. The molecule has 2 rings (SSSR count). The van der Waals surface area contributed by atoms with Gasteiger partial charge in [-0.3, -0.25) is 4.79 Å². The van der Waals surface area contributed by atoms with Crippen LogP contribution in [0.15, 0.2) is 0 Å².